The molecule has 1 saturated heterocycles. The average molecular weight is 317 g/mol. The van der Waals surface area contributed by atoms with Crippen molar-refractivity contribution in [2.24, 2.45) is 0 Å². The van der Waals surface area contributed by atoms with Crippen molar-refractivity contribution < 1.29 is 9.53 Å². The number of carbonyl (C=O) groups is 1. The molecule has 0 bridgehead atoms. The number of hydrogen-bond donors (Lipinski definition) is 0. The molecule has 1 aliphatic heterocycles. The Labute approximate surface area is 134 Å². The van der Waals surface area contributed by atoms with Gasteiger partial charge in [0.05, 0.1) is 24.4 Å². The van der Waals surface area contributed by atoms with E-state index in [0.717, 1.165) is 0 Å². The van der Waals surface area contributed by atoms with Gasteiger partial charge in [-0.3, -0.25) is 4.79 Å². The number of hydrogen-bond acceptors (Lipinski definition) is 5. The number of likely N-dealkylation sites (tertiary alicyclic amines) is 1. The Bertz CT molecular complexity index is 558. The lowest BCUT2D eigenvalue weighted by molar-refractivity contribution is -0.137. The molecule has 1 aromatic rings. The first-order chi connectivity index (χ1) is 10.7. The first-order valence-electron chi connectivity index (χ1n) is 7.67. The molecule has 0 aromatic carbocycles. The smallest absolute Gasteiger partial charge is 0.232 e. The second-order valence-electron chi connectivity index (χ2n) is 5.75. The van der Waals surface area contributed by atoms with E-state index in [1.807, 2.05) is 11.0 Å². The van der Waals surface area contributed by atoms with Gasteiger partial charge < -0.3 is 9.64 Å². The van der Waals surface area contributed by atoms with E-state index in [2.05, 4.69) is 4.98 Å². The number of amides is 1. The van der Waals surface area contributed by atoms with Crippen LogP contribution in [0.1, 0.15) is 31.2 Å². The van der Waals surface area contributed by atoms with Crippen molar-refractivity contribution in [1.29, 1.82) is 5.26 Å². The number of thioether (sulfide) groups is 1. The fourth-order valence-electron chi connectivity index (χ4n) is 2.74. The molecule has 22 heavy (non-hydrogen) atoms. The van der Waals surface area contributed by atoms with Crippen LogP contribution in [-0.4, -0.2) is 46.0 Å². The van der Waals surface area contributed by atoms with E-state index < -0.39 is 0 Å². The first-order valence-corrected chi connectivity index (χ1v) is 8.71. The first kappa shape index (κ1) is 15.2. The molecule has 6 heteroatoms. The molecule has 0 radical (unpaired) electrons. The highest BCUT2D eigenvalue weighted by molar-refractivity contribution is 8.00. The Morgan fingerprint density at radius 1 is 1.41 bits per heavy atom. The van der Waals surface area contributed by atoms with Gasteiger partial charge in [-0.2, -0.15) is 5.26 Å². The van der Waals surface area contributed by atoms with Crippen molar-refractivity contribution >= 4 is 17.7 Å². The number of aromatic nitrogens is 1. The summed E-state index contributed by atoms with van der Waals surface area (Å²) in [6.07, 6.45) is 6.64. The van der Waals surface area contributed by atoms with Crippen LogP contribution in [0.3, 0.4) is 0 Å². The highest BCUT2D eigenvalue weighted by atomic mass is 32.2. The van der Waals surface area contributed by atoms with Crippen LogP contribution in [0.5, 0.6) is 5.88 Å². The number of nitriles is 1. The third kappa shape index (κ3) is 3.72. The maximum absolute atomic E-state index is 12.1. The van der Waals surface area contributed by atoms with Gasteiger partial charge in [0.1, 0.15) is 12.2 Å². The Morgan fingerprint density at radius 3 is 2.82 bits per heavy atom. The SMILES string of the molecule is N#Cc1ccc(OC2CN(C(=O)CSC3CCCC3)C2)nc1. The molecule has 5 nitrogen and oxygen atoms in total. The van der Waals surface area contributed by atoms with Gasteiger partial charge in [0.15, 0.2) is 0 Å². The van der Waals surface area contributed by atoms with E-state index in [-0.39, 0.29) is 12.0 Å². The van der Waals surface area contributed by atoms with Crippen molar-refractivity contribution in [2.75, 3.05) is 18.8 Å². The highest BCUT2D eigenvalue weighted by Gasteiger charge is 2.32. The molecule has 2 fully saturated rings. The molecule has 2 heterocycles. The van der Waals surface area contributed by atoms with Crippen LogP contribution < -0.4 is 4.74 Å². The summed E-state index contributed by atoms with van der Waals surface area (Å²) in [5.74, 6) is 1.31. The molecule has 2 aliphatic rings. The van der Waals surface area contributed by atoms with E-state index in [9.17, 15) is 4.79 Å². The van der Waals surface area contributed by atoms with Gasteiger partial charge >= 0.3 is 0 Å². The minimum Gasteiger partial charge on any atom is -0.471 e. The summed E-state index contributed by atoms with van der Waals surface area (Å²) >= 11 is 1.80. The minimum atomic E-state index is 0.0147. The largest absolute Gasteiger partial charge is 0.471 e. The van der Waals surface area contributed by atoms with E-state index in [4.69, 9.17) is 10.00 Å². The number of nitrogens with zero attached hydrogens (tertiary/aromatic N) is 3. The molecule has 3 rings (SSSR count). The lowest BCUT2D eigenvalue weighted by Crippen LogP contribution is -2.56. The minimum absolute atomic E-state index is 0.0147. The lowest BCUT2D eigenvalue weighted by Gasteiger charge is -2.38. The van der Waals surface area contributed by atoms with E-state index >= 15 is 0 Å². The average Bonchev–Trinajstić information content (AvgIpc) is 3.02. The summed E-state index contributed by atoms with van der Waals surface area (Å²) in [5.41, 5.74) is 0.515. The summed E-state index contributed by atoms with van der Waals surface area (Å²) in [6, 6.07) is 5.40. The van der Waals surface area contributed by atoms with Crippen LogP contribution in [0.4, 0.5) is 0 Å². The van der Waals surface area contributed by atoms with E-state index in [1.165, 1.54) is 31.9 Å². The van der Waals surface area contributed by atoms with E-state index in [0.29, 0.717) is 35.5 Å². The molecule has 116 valence electrons. The Kier molecular flexibility index (Phi) is 4.84. The Balaban J connectivity index is 1.37. The molecule has 1 saturated carbocycles. The standard InChI is InChI=1S/C16H19N3O2S/c17-7-12-5-6-15(18-8-12)21-13-9-19(10-13)16(20)11-22-14-3-1-2-4-14/h5-6,8,13-14H,1-4,9-11H2. The normalized spacial score (nSPS) is 18.8. The number of rotatable bonds is 5. The topological polar surface area (TPSA) is 66.2 Å². The van der Waals surface area contributed by atoms with Gasteiger partial charge in [-0.25, -0.2) is 4.98 Å². The predicted molar refractivity (Wildman–Crippen MR) is 84.7 cm³/mol. The monoisotopic (exact) mass is 317 g/mol. The quantitative estimate of drug-likeness (QED) is 0.833. The molecule has 1 aromatic heterocycles. The zero-order valence-corrected chi connectivity index (χ0v) is 13.2. The van der Waals surface area contributed by atoms with Crippen molar-refractivity contribution in [1.82, 2.24) is 9.88 Å². The number of carbonyl (C=O) groups excluding carboxylic acids is 1. The molecule has 0 atom stereocenters. The number of pyridine rings is 1. The Morgan fingerprint density at radius 2 is 2.18 bits per heavy atom. The molecule has 0 unspecified atom stereocenters. The van der Waals surface area contributed by atoms with Gasteiger partial charge in [0, 0.05) is 17.5 Å². The molecule has 0 N–H and O–H groups in total. The van der Waals surface area contributed by atoms with Gasteiger partial charge in [0.25, 0.3) is 0 Å². The third-order valence-corrected chi connectivity index (χ3v) is 5.45. The molecular formula is C16H19N3O2S. The lowest BCUT2D eigenvalue weighted by atomic mass is 10.1. The second-order valence-corrected chi connectivity index (χ2v) is 7.04. The third-order valence-electron chi connectivity index (χ3n) is 4.10. The summed E-state index contributed by atoms with van der Waals surface area (Å²) in [6.45, 7) is 1.26. The fraction of sp³-hybridized carbons (Fsp3) is 0.562. The zero-order valence-electron chi connectivity index (χ0n) is 12.4. The van der Waals surface area contributed by atoms with E-state index in [1.54, 1.807) is 23.9 Å². The predicted octanol–water partition coefficient (Wildman–Crippen LogP) is 2.22. The van der Waals surface area contributed by atoms with Gasteiger partial charge in [-0.05, 0) is 18.9 Å². The molecular weight excluding hydrogens is 298 g/mol. The summed E-state index contributed by atoms with van der Waals surface area (Å²) in [7, 11) is 0. The molecule has 1 aliphatic carbocycles. The van der Waals surface area contributed by atoms with Crippen LogP contribution in [-0.2, 0) is 4.79 Å². The number of ether oxygens (including phenoxy) is 1. The van der Waals surface area contributed by atoms with Crippen LogP contribution in [0.15, 0.2) is 18.3 Å². The Hall–Kier alpha value is -1.74. The van der Waals surface area contributed by atoms with Gasteiger partial charge in [-0.15, -0.1) is 11.8 Å². The second kappa shape index (κ2) is 7.01. The van der Waals surface area contributed by atoms with Crippen LogP contribution in [0.25, 0.3) is 0 Å². The fourth-order valence-corrected chi connectivity index (χ4v) is 3.97. The van der Waals surface area contributed by atoms with Crippen molar-refractivity contribution in [3.63, 3.8) is 0 Å². The van der Waals surface area contributed by atoms with Crippen molar-refractivity contribution in [2.45, 2.75) is 37.0 Å². The summed E-state index contributed by atoms with van der Waals surface area (Å²) in [4.78, 5) is 18.0. The molecule has 1 amide bonds. The van der Waals surface area contributed by atoms with Gasteiger partial charge in [0.2, 0.25) is 11.8 Å². The summed E-state index contributed by atoms with van der Waals surface area (Å²) in [5, 5.41) is 9.40. The van der Waals surface area contributed by atoms with Gasteiger partial charge in [-0.1, -0.05) is 12.8 Å². The summed E-state index contributed by atoms with van der Waals surface area (Å²) < 4.78 is 5.69. The molecule has 0 spiro atoms. The maximum Gasteiger partial charge on any atom is 0.232 e. The van der Waals surface area contributed by atoms with Crippen LogP contribution in [0, 0.1) is 11.3 Å². The van der Waals surface area contributed by atoms with Crippen molar-refractivity contribution in [3.05, 3.63) is 23.9 Å². The van der Waals surface area contributed by atoms with Crippen LogP contribution in [0.2, 0.25) is 0 Å². The van der Waals surface area contributed by atoms with Crippen LogP contribution >= 0.6 is 11.8 Å². The van der Waals surface area contributed by atoms with Crippen molar-refractivity contribution in [3.8, 4) is 11.9 Å². The highest BCUT2D eigenvalue weighted by Crippen LogP contribution is 2.29. The maximum atomic E-state index is 12.1. The zero-order chi connectivity index (χ0) is 15.4.